The van der Waals surface area contributed by atoms with E-state index in [-0.39, 0.29) is 0 Å². The lowest BCUT2D eigenvalue weighted by molar-refractivity contribution is 0.285. The minimum atomic E-state index is -3.33. The van der Waals surface area contributed by atoms with Crippen molar-refractivity contribution < 1.29 is 8.42 Å². The van der Waals surface area contributed by atoms with E-state index in [0.29, 0.717) is 23.9 Å². The van der Waals surface area contributed by atoms with Gasteiger partial charge in [0.1, 0.15) is 0 Å². The molecule has 1 unspecified atom stereocenters. The maximum Gasteiger partial charge on any atom is 0.243 e. The van der Waals surface area contributed by atoms with Crippen LogP contribution in [0.2, 0.25) is 0 Å². The molecule has 1 saturated heterocycles. The van der Waals surface area contributed by atoms with Gasteiger partial charge in [-0.3, -0.25) is 0 Å². The minimum absolute atomic E-state index is 0.376. The number of alkyl halides is 1. The zero-order valence-electron chi connectivity index (χ0n) is 9.85. The van der Waals surface area contributed by atoms with Crippen molar-refractivity contribution >= 4 is 41.9 Å². The van der Waals surface area contributed by atoms with E-state index in [1.165, 1.54) is 0 Å². The van der Waals surface area contributed by atoms with Gasteiger partial charge in [0, 0.05) is 22.9 Å². The van der Waals surface area contributed by atoms with Crippen LogP contribution < -0.4 is 0 Å². The number of halogens is 2. The van der Waals surface area contributed by atoms with Crippen molar-refractivity contribution in [2.75, 3.05) is 18.4 Å². The second-order valence-electron chi connectivity index (χ2n) is 4.48. The van der Waals surface area contributed by atoms with Crippen LogP contribution in [0.5, 0.6) is 0 Å². The first-order valence-corrected chi connectivity index (χ1v) is 9.21. The lowest BCUT2D eigenvalue weighted by Crippen LogP contribution is -2.40. The fourth-order valence-electron chi connectivity index (χ4n) is 2.13. The fourth-order valence-corrected chi connectivity index (χ4v) is 4.47. The molecule has 0 saturated carbocycles. The van der Waals surface area contributed by atoms with Crippen LogP contribution in [0.4, 0.5) is 0 Å². The van der Waals surface area contributed by atoms with E-state index in [4.69, 9.17) is 0 Å². The molecule has 18 heavy (non-hydrogen) atoms. The summed E-state index contributed by atoms with van der Waals surface area (Å²) in [6, 6.07) is 6.83. The van der Waals surface area contributed by atoms with Gasteiger partial charge in [-0.1, -0.05) is 31.9 Å². The van der Waals surface area contributed by atoms with Crippen LogP contribution in [0, 0.1) is 5.92 Å². The summed E-state index contributed by atoms with van der Waals surface area (Å²) in [4.78, 5) is 0.376. The Morgan fingerprint density at radius 3 is 2.56 bits per heavy atom. The summed E-state index contributed by atoms with van der Waals surface area (Å²) in [6.07, 6.45) is 2.03. The van der Waals surface area contributed by atoms with E-state index in [2.05, 4.69) is 31.9 Å². The number of hydrogen-bond acceptors (Lipinski definition) is 2. The van der Waals surface area contributed by atoms with Crippen LogP contribution >= 0.6 is 31.9 Å². The molecule has 6 heteroatoms. The number of piperidine rings is 1. The van der Waals surface area contributed by atoms with Crippen LogP contribution in [0.3, 0.4) is 0 Å². The number of rotatable bonds is 3. The fraction of sp³-hybridized carbons (Fsp3) is 0.500. The van der Waals surface area contributed by atoms with E-state index in [9.17, 15) is 8.42 Å². The first kappa shape index (κ1) is 14.5. The van der Waals surface area contributed by atoms with Gasteiger partial charge in [0.15, 0.2) is 0 Å². The highest BCUT2D eigenvalue weighted by Gasteiger charge is 2.29. The molecular formula is C12H15Br2NO2S. The quantitative estimate of drug-likeness (QED) is 0.735. The average Bonchev–Trinajstić information content (AvgIpc) is 2.39. The molecule has 1 heterocycles. The Kier molecular flexibility index (Phi) is 4.86. The molecule has 2 rings (SSSR count). The zero-order chi connectivity index (χ0) is 13.2. The van der Waals surface area contributed by atoms with Crippen LogP contribution in [0.1, 0.15) is 12.8 Å². The van der Waals surface area contributed by atoms with Gasteiger partial charge in [-0.25, -0.2) is 8.42 Å². The zero-order valence-corrected chi connectivity index (χ0v) is 13.8. The van der Waals surface area contributed by atoms with Gasteiger partial charge >= 0.3 is 0 Å². The Bertz CT molecular complexity index is 501. The number of sulfonamides is 1. The molecule has 0 bridgehead atoms. The van der Waals surface area contributed by atoms with E-state index < -0.39 is 10.0 Å². The maximum atomic E-state index is 12.5. The van der Waals surface area contributed by atoms with E-state index in [1.807, 2.05) is 0 Å². The molecule has 1 atom stereocenters. The summed E-state index contributed by atoms with van der Waals surface area (Å²) in [5.74, 6) is 0.420. The number of benzene rings is 1. The Morgan fingerprint density at radius 1 is 1.28 bits per heavy atom. The van der Waals surface area contributed by atoms with Gasteiger partial charge in [0.2, 0.25) is 10.0 Å². The minimum Gasteiger partial charge on any atom is -0.207 e. The standard InChI is InChI=1S/C12H15Br2NO2S/c13-8-10-2-1-7-15(9-10)18(16,17)12-5-3-11(14)4-6-12/h3-6,10H,1-2,7-9H2. The van der Waals surface area contributed by atoms with E-state index in [1.54, 1.807) is 28.6 Å². The molecule has 0 radical (unpaired) electrons. The highest BCUT2D eigenvalue weighted by atomic mass is 79.9. The van der Waals surface area contributed by atoms with Gasteiger partial charge < -0.3 is 0 Å². The van der Waals surface area contributed by atoms with Crippen molar-refractivity contribution in [1.29, 1.82) is 0 Å². The van der Waals surface area contributed by atoms with Crippen LogP contribution in [0.15, 0.2) is 33.6 Å². The largest absolute Gasteiger partial charge is 0.243 e. The molecule has 1 aliphatic rings. The SMILES string of the molecule is O=S(=O)(c1ccc(Br)cc1)N1CCCC(CBr)C1. The second kappa shape index (κ2) is 6.03. The predicted octanol–water partition coefficient (Wildman–Crippen LogP) is 3.24. The topological polar surface area (TPSA) is 37.4 Å². The second-order valence-corrected chi connectivity index (χ2v) is 7.98. The molecule has 100 valence electrons. The van der Waals surface area contributed by atoms with Crippen LogP contribution in [-0.2, 0) is 10.0 Å². The maximum absolute atomic E-state index is 12.5. The van der Waals surface area contributed by atoms with Gasteiger partial charge in [-0.15, -0.1) is 0 Å². The number of nitrogens with zero attached hydrogens (tertiary/aromatic N) is 1. The van der Waals surface area contributed by atoms with E-state index in [0.717, 1.165) is 22.6 Å². The molecule has 0 aliphatic carbocycles. The molecule has 0 N–H and O–H groups in total. The molecule has 3 nitrogen and oxygen atoms in total. The van der Waals surface area contributed by atoms with Crippen molar-refractivity contribution in [2.24, 2.45) is 5.92 Å². The number of hydrogen-bond donors (Lipinski definition) is 0. The van der Waals surface area contributed by atoms with Gasteiger partial charge in [-0.2, -0.15) is 4.31 Å². The van der Waals surface area contributed by atoms with Crippen molar-refractivity contribution in [3.8, 4) is 0 Å². The highest BCUT2D eigenvalue weighted by Crippen LogP contribution is 2.25. The monoisotopic (exact) mass is 395 g/mol. The average molecular weight is 397 g/mol. The van der Waals surface area contributed by atoms with Crippen molar-refractivity contribution in [1.82, 2.24) is 4.31 Å². The molecule has 1 aliphatic heterocycles. The smallest absolute Gasteiger partial charge is 0.207 e. The molecule has 1 fully saturated rings. The first-order valence-electron chi connectivity index (χ1n) is 5.85. The van der Waals surface area contributed by atoms with Crippen molar-refractivity contribution in [2.45, 2.75) is 17.7 Å². The normalized spacial score (nSPS) is 22.0. The molecule has 0 spiro atoms. The highest BCUT2D eigenvalue weighted by molar-refractivity contribution is 9.10. The van der Waals surface area contributed by atoms with Crippen LogP contribution in [0.25, 0.3) is 0 Å². The Balaban J connectivity index is 2.22. The predicted molar refractivity (Wildman–Crippen MR) is 79.4 cm³/mol. The van der Waals surface area contributed by atoms with Crippen molar-refractivity contribution in [3.63, 3.8) is 0 Å². The van der Waals surface area contributed by atoms with Crippen molar-refractivity contribution in [3.05, 3.63) is 28.7 Å². The Labute approximate surface area is 125 Å². The lowest BCUT2D eigenvalue weighted by Gasteiger charge is -2.31. The molecule has 0 aromatic heterocycles. The van der Waals surface area contributed by atoms with E-state index >= 15 is 0 Å². The third-order valence-electron chi connectivity index (χ3n) is 3.15. The molecule has 1 aromatic rings. The summed E-state index contributed by atoms with van der Waals surface area (Å²) in [5, 5.41) is 0.860. The summed E-state index contributed by atoms with van der Waals surface area (Å²) in [6.45, 7) is 1.24. The molecule has 1 aromatic carbocycles. The van der Waals surface area contributed by atoms with Gasteiger partial charge in [0.05, 0.1) is 4.90 Å². The van der Waals surface area contributed by atoms with Crippen LogP contribution in [-0.4, -0.2) is 31.1 Å². The summed E-state index contributed by atoms with van der Waals surface area (Å²) in [5.41, 5.74) is 0. The third-order valence-corrected chi connectivity index (χ3v) is 6.48. The Morgan fingerprint density at radius 2 is 1.94 bits per heavy atom. The third kappa shape index (κ3) is 3.15. The molecular weight excluding hydrogens is 382 g/mol. The van der Waals surface area contributed by atoms with Gasteiger partial charge in [0.25, 0.3) is 0 Å². The summed E-state index contributed by atoms with van der Waals surface area (Å²) < 4.78 is 27.4. The molecule has 0 amide bonds. The first-order chi connectivity index (χ1) is 8.54. The summed E-state index contributed by atoms with van der Waals surface area (Å²) in [7, 11) is -3.33. The van der Waals surface area contributed by atoms with Gasteiger partial charge in [-0.05, 0) is 43.0 Å². The Hall–Kier alpha value is 0.0900. The lowest BCUT2D eigenvalue weighted by atomic mass is 10.0. The summed E-state index contributed by atoms with van der Waals surface area (Å²) >= 11 is 6.76.